The maximum absolute atomic E-state index is 12.8. The van der Waals surface area contributed by atoms with Crippen molar-refractivity contribution in [2.75, 3.05) is 13.1 Å². The highest BCUT2D eigenvalue weighted by Crippen LogP contribution is 2.35. The van der Waals surface area contributed by atoms with Gasteiger partial charge in [0.15, 0.2) is 0 Å². The minimum Gasteiger partial charge on any atom is -0.391 e. The molecule has 2 N–H and O–H groups in total. The Morgan fingerprint density at radius 3 is 2.54 bits per heavy atom. The molecule has 2 heterocycles. The van der Waals surface area contributed by atoms with Crippen molar-refractivity contribution in [3.05, 3.63) is 0 Å². The number of rotatable bonds is 3. The van der Waals surface area contributed by atoms with Gasteiger partial charge >= 0.3 is 6.03 Å². The molecule has 2 saturated heterocycles. The number of urea groups is 1. The molecule has 0 radical (unpaired) electrons. The molecule has 4 aliphatic rings. The number of nitrogens with one attached hydrogen (secondary N) is 1. The first kappa shape index (κ1) is 16.2. The number of amides is 3. The minimum atomic E-state index is -0.407. The lowest BCUT2D eigenvalue weighted by atomic mass is 9.83. The monoisotopic (exact) mass is 335 g/mol. The highest BCUT2D eigenvalue weighted by Gasteiger charge is 2.43. The average Bonchev–Trinajstić information content (AvgIpc) is 3.24. The normalized spacial score (nSPS) is 34.9. The van der Waals surface area contributed by atoms with Crippen molar-refractivity contribution in [1.29, 1.82) is 0 Å². The quantitative estimate of drug-likeness (QED) is 0.820. The van der Waals surface area contributed by atoms with Crippen LogP contribution in [0.2, 0.25) is 0 Å². The molecule has 6 heteroatoms. The SMILES string of the molecule is O=C1C[C@H](NC(=O)N2C[C@H](O)C[C@H]2C2CCCCC2)CN1C1CC1. The number of β-amino-alcohol motifs (C(OH)–C–C–N with tert-alkyl or cyclic N) is 1. The maximum atomic E-state index is 12.8. The fourth-order valence-electron chi connectivity index (χ4n) is 4.87. The average molecular weight is 335 g/mol. The Hall–Kier alpha value is -1.30. The third-order valence-corrected chi connectivity index (χ3v) is 6.25. The highest BCUT2D eigenvalue weighted by atomic mass is 16.3. The zero-order chi connectivity index (χ0) is 16.7. The molecule has 0 aromatic rings. The van der Waals surface area contributed by atoms with Crippen molar-refractivity contribution >= 4 is 11.9 Å². The Morgan fingerprint density at radius 2 is 1.83 bits per heavy atom. The summed E-state index contributed by atoms with van der Waals surface area (Å²) in [5.74, 6) is 0.697. The molecule has 0 unspecified atom stereocenters. The third kappa shape index (κ3) is 3.25. The standard InChI is InChI=1S/C18H29N3O3/c22-15-9-16(12-4-2-1-3-5-12)21(11-15)18(24)19-13-8-17(23)20(10-13)14-6-7-14/h12-16,22H,1-11H2,(H,19,24)/t13-,15+,16-/m0/s1. The van der Waals surface area contributed by atoms with E-state index in [0.29, 0.717) is 37.9 Å². The predicted molar refractivity (Wildman–Crippen MR) is 89.4 cm³/mol. The van der Waals surface area contributed by atoms with E-state index in [9.17, 15) is 14.7 Å². The van der Waals surface area contributed by atoms with Gasteiger partial charge in [0.25, 0.3) is 0 Å². The molecular weight excluding hydrogens is 306 g/mol. The summed E-state index contributed by atoms with van der Waals surface area (Å²) >= 11 is 0. The molecule has 2 saturated carbocycles. The number of nitrogens with zero attached hydrogens (tertiary/aromatic N) is 2. The largest absolute Gasteiger partial charge is 0.391 e. The van der Waals surface area contributed by atoms with Crippen LogP contribution in [0.4, 0.5) is 4.79 Å². The third-order valence-electron chi connectivity index (χ3n) is 6.25. The summed E-state index contributed by atoms with van der Waals surface area (Å²) in [6, 6.07) is 0.424. The Kier molecular flexibility index (Phi) is 4.41. The topological polar surface area (TPSA) is 72.9 Å². The first-order valence-electron chi connectivity index (χ1n) is 9.66. The van der Waals surface area contributed by atoms with Crippen molar-refractivity contribution in [1.82, 2.24) is 15.1 Å². The summed E-state index contributed by atoms with van der Waals surface area (Å²) in [7, 11) is 0. The van der Waals surface area contributed by atoms with Crippen LogP contribution < -0.4 is 5.32 Å². The molecule has 3 atom stereocenters. The molecular formula is C18H29N3O3. The summed E-state index contributed by atoms with van der Waals surface area (Å²) in [6.45, 7) is 1.08. The van der Waals surface area contributed by atoms with Gasteiger partial charge in [-0.05, 0) is 38.0 Å². The minimum absolute atomic E-state index is 0.0738. The van der Waals surface area contributed by atoms with E-state index < -0.39 is 6.10 Å². The van der Waals surface area contributed by atoms with E-state index in [4.69, 9.17) is 0 Å². The summed E-state index contributed by atoms with van der Waals surface area (Å²) in [6.07, 6.45) is 9.03. The number of carbonyl (C=O) groups is 2. The fourth-order valence-corrected chi connectivity index (χ4v) is 4.87. The second-order valence-corrected chi connectivity index (χ2v) is 8.14. The van der Waals surface area contributed by atoms with Gasteiger partial charge in [-0.2, -0.15) is 0 Å². The summed E-state index contributed by atoms with van der Waals surface area (Å²) < 4.78 is 0. The predicted octanol–water partition coefficient (Wildman–Crippen LogP) is 1.47. The summed E-state index contributed by atoms with van der Waals surface area (Å²) in [5, 5.41) is 13.2. The Labute approximate surface area is 143 Å². The molecule has 0 aromatic heterocycles. The number of aliphatic hydroxyl groups is 1. The van der Waals surface area contributed by atoms with Crippen LogP contribution in [0, 0.1) is 5.92 Å². The molecule has 2 aliphatic carbocycles. The van der Waals surface area contributed by atoms with Gasteiger partial charge < -0.3 is 20.2 Å². The number of likely N-dealkylation sites (tertiary alicyclic amines) is 2. The molecule has 134 valence electrons. The van der Waals surface area contributed by atoms with Gasteiger partial charge in [0.1, 0.15) is 0 Å². The molecule has 0 spiro atoms. The Balaban J connectivity index is 1.36. The molecule has 6 nitrogen and oxygen atoms in total. The van der Waals surface area contributed by atoms with Crippen LogP contribution in [-0.4, -0.2) is 64.2 Å². The van der Waals surface area contributed by atoms with E-state index >= 15 is 0 Å². The van der Waals surface area contributed by atoms with Gasteiger partial charge in [-0.15, -0.1) is 0 Å². The zero-order valence-electron chi connectivity index (χ0n) is 14.3. The van der Waals surface area contributed by atoms with Gasteiger partial charge in [0, 0.05) is 31.6 Å². The van der Waals surface area contributed by atoms with E-state index in [-0.39, 0.29) is 24.0 Å². The molecule has 4 fully saturated rings. The lowest BCUT2D eigenvalue weighted by Gasteiger charge is -2.34. The highest BCUT2D eigenvalue weighted by molar-refractivity contribution is 5.82. The van der Waals surface area contributed by atoms with Gasteiger partial charge in [-0.25, -0.2) is 4.79 Å². The number of hydrogen-bond donors (Lipinski definition) is 2. The summed E-state index contributed by atoms with van der Waals surface area (Å²) in [5.41, 5.74) is 0. The van der Waals surface area contributed by atoms with Crippen LogP contribution >= 0.6 is 0 Å². The van der Waals surface area contributed by atoms with Crippen molar-refractivity contribution in [2.24, 2.45) is 5.92 Å². The lowest BCUT2D eigenvalue weighted by Crippen LogP contribution is -2.49. The van der Waals surface area contributed by atoms with Crippen molar-refractivity contribution in [3.63, 3.8) is 0 Å². The number of carbonyl (C=O) groups excluding carboxylic acids is 2. The second kappa shape index (κ2) is 6.54. The molecule has 0 bridgehead atoms. The Morgan fingerprint density at radius 1 is 1.08 bits per heavy atom. The van der Waals surface area contributed by atoms with Crippen LogP contribution in [0.15, 0.2) is 0 Å². The molecule has 24 heavy (non-hydrogen) atoms. The van der Waals surface area contributed by atoms with Crippen LogP contribution in [-0.2, 0) is 4.79 Å². The molecule has 2 aliphatic heterocycles. The lowest BCUT2D eigenvalue weighted by molar-refractivity contribution is -0.128. The van der Waals surface area contributed by atoms with Gasteiger partial charge in [-0.3, -0.25) is 4.79 Å². The van der Waals surface area contributed by atoms with E-state index in [1.54, 1.807) is 0 Å². The van der Waals surface area contributed by atoms with Crippen LogP contribution in [0.5, 0.6) is 0 Å². The first-order valence-corrected chi connectivity index (χ1v) is 9.66. The van der Waals surface area contributed by atoms with Gasteiger partial charge in [-0.1, -0.05) is 19.3 Å². The number of hydrogen-bond acceptors (Lipinski definition) is 3. The Bertz CT molecular complexity index is 502. The fraction of sp³-hybridized carbons (Fsp3) is 0.889. The van der Waals surface area contributed by atoms with Crippen molar-refractivity contribution in [2.45, 2.75) is 82.0 Å². The van der Waals surface area contributed by atoms with Crippen molar-refractivity contribution < 1.29 is 14.7 Å². The smallest absolute Gasteiger partial charge is 0.318 e. The van der Waals surface area contributed by atoms with Gasteiger partial charge in [0.05, 0.1) is 12.1 Å². The zero-order valence-corrected chi connectivity index (χ0v) is 14.3. The van der Waals surface area contributed by atoms with E-state index in [2.05, 4.69) is 5.32 Å². The maximum Gasteiger partial charge on any atom is 0.318 e. The van der Waals surface area contributed by atoms with Crippen LogP contribution in [0.25, 0.3) is 0 Å². The van der Waals surface area contributed by atoms with E-state index in [1.807, 2.05) is 9.80 Å². The van der Waals surface area contributed by atoms with Crippen molar-refractivity contribution in [3.8, 4) is 0 Å². The van der Waals surface area contributed by atoms with E-state index in [1.165, 1.54) is 32.1 Å². The van der Waals surface area contributed by atoms with Crippen LogP contribution in [0.3, 0.4) is 0 Å². The van der Waals surface area contributed by atoms with E-state index in [0.717, 1.165) is 12.8 Å². The first-order chi connectivity index (χ1) is 11.6. The van der Waals surface area contributed by atoms with Gasteiger partial charge in [0.2, 0.25) is 5.91 Å². The molecule has 0 aromatic carbocycles. The molecule has 3 amide bonds. The second-order valence-electron chi connectivity index (χ2n) is 8.14. The molecule has 4 rings (SSSR count). The van der Waals surface area contributed by atoms with Crippen LogP contribution in [0.1, 0.15) is 57.8 Å². The number of aliphatic hydroxyl groups excluding tert-OH is 1. The summed E-state index contributed by atoms with van der Waals surface area (Å²) in [4.78, 5) is 28.6.